The summed E-state index contributed by atoms with van der Waals surface area (Å²) in [5.74, 6) is 2.63. The molecule has 2 aromatic rings. The van der Waals surface area contributed by atoms with Crippen LogP contribution in [-0.2, 0) is 5.41 Å². The molecule has 4 aliphatic rings. The monoisotopic (exact) mass is 313 g/mol. The average Bonchev–Trinajstić information content (AvgIpc) is 2.84. The molecule has 1 N–H and O–H groups in total. The maximum atomic E-state index is 11.8. The molecule has 4 bridgehead atoms. The lowest BCUT2D eigenvalue weighted by Crippen LogP contribution is -2.49. The molecule has 114 valence electrons. The van der Waals surface area contributed by atoms with Gasteiger partial charge in [0.1, 0.15) is 0 Å². The van der Waals surface area contributed by atoms with Crippen LogP contribution in [0.4, 0.5) is 0 Å². The Morgan fingerprint density at radius 3 is 2.32 bits per heavy atom. The second-order valence-electron chi connectivity index (χ2n) is 7.92. The van der Waals surface area contributed by atoms with Crippen molar-refractivity contribution in [1.82, 2.24) is 4.98 Å². The summed E-state index contributed by atoms with van der Waals surface area (Å²) in [6.07, 6.45) is 9.09. The Labute approximate surface area is 135 Å². The van der Waals surface area contributed by atoms with E-state index in [4.69, 9.17) is 11.6 Å². The first-order valence-electron chi connectivity index (χ1n) is 8.44. The summed E-state index contributed by atoms with van der Waals surface area (Å²) in [7, 11) is 0. The van der Waals surface area contributed by atoms with E-state index in [0.717, 1.165) is 40.5 Å². The molecule has 0 amide bonds. The van der Waals surface area contributed by atoms with Crippen LogP contribution in [-0.4, -0.2) is 11.3 Å². The van der Waals surface area contributed by atoms with E-state index in [1.165, 1.54) is 44.2 Å². The molecule has 0 atom stereocenters. The maximum Gasteiger partial charge on any atom is 0.152 e. The molecule has 6 rings (SSSR count). The topological polar surface area (TPSA) is 32.9 Å². The quantitative estimate of drug-likeness (QED) is 0.769. The molecule has 2 nitrogen and oxygen atoms in total. The highest BCUT2D eigenvalue weighted by atomic mass is 35.5. The van der Waals surface area contributed by atoms with Crippen molar-refractivity contribution in [3.8, 4) is 0 Å². The Morgan fingerprint density at radius 1 is 1.09 bits per heavy atom. The highest BCUT2D eigenvalue weighted by Crippen LogP contribution is 2.61. The predicted molar refractivity (Wildman–Crippen MR) is 88.5 cm³/mol. The zero-order valence-electron chi connectivity index (χ0n) is 12.6. The average molecular weight is 314 g/mol. The number of aromatic nitrogens is 1. The number of aromatic amines is 1. The van der Waals surface area contributed by atoms with Crippen molar-refractivity contribution in [2.75, 3.05) is 0 Å². The number of carbonyl (C=O) groups is 1. The van der Waals surface area contributed by atoms with E-state index in [-0.39, 0.29) is 5.41 Å². The second kappa shape index (κ2) is 4.38. The van der Waals surface area contributed by atoms with Gasteiger partial charge in [0.05, 0.1) is 0 Å². The van der Waals surface area contributed by atoms with Gasteiger partial charge in [-0.3, -0.25) is 4.79 Å². The zero-order valence-corrected chi connectivity index (χ0v) is 13.3. The standard InChI is InChI=1S/C19H20ClNO/c20-14-1-2-17-15(6-14)16(10-22)18(21-17)19-7-11-3-12(8-19)5-13(4-11)9-19/h1-2,6,10-13,21H,3-5,7-9H2. The molecule has 4 aliphatic carbocycles. The van der Waals surface area contributed by atoms with Gasteiger partial charge >= 0.3 is 0 Å². The highest BCUT2D eigenvalue weighted by molar-refractivity contribution is 6.31. The largest absolute Gasteiger partial charge is 0.357 e. The van der Waals surface area contributed by atoms with Crippen molar-refractivity contribution in [3.05, 3.63) is 34.5 Å². The Balaban J connectivity index is 1.72. The Morgan fingerprint density at radius 2 is 1.73 bits per heavy atom. The normalized spacial score (nSPS) is 36.1. The van der Waals surface area contributed by atoms with Gasteiger partial charge in [0.15, 0.2) is 6.29 Å². The summed E-state index contributed by atoms with van der Waals surface area (Å²) in [5, 5.41) is 1.69. The van der Waals surface area contributed by atoms with Crippen LogP contribution in [0.1, 0.15) is 54.6 Å². The second-order valence-corrected chi connectivity index (χ2v) is 8.36. The first-order chi connectivity index (χ1) is 10.7. The molecular weight excluding hydrogens is 294 g/mol. The molecule has 3 heteroatoms. The summed E-state index contributed by atoms with van der Waals surface area (Å²) < 4.78 is 0. The first kappa shape index (κ1) is 13.2. The van der Waals surface area contributed by atoms with E-state index in [2.05, 4.69) is 4.98 Å². The molecule has 4 saturated carbocycles. The van der Waals surface area contributed by atoms with E-state index in [1.807, 2.05) is 18.2 Å². The molecule has 0 saturated heterocycles. The van der Waals surface area contributed by atoms with Gasteiger partial charge in [-0.25, -0.2) is 0 Å². The summed E-state index contributed by atoms with van der Waals surface area (Å²) in [5.41, 5.74) is 3.34. The number of carbonyl (C=O) groups excluding carboxylic acids is 1. The maximum absolute atomic E-state index is 11.8. The molecule has 0 spiro atoms. The number of aldehydes is 1. The fourth-order valence-corrected chi connectivity index (χ4v) is 6.31. The van der Waals surface area contributed by atoms with Crippen LogP contribution in [0.5, 0.6) is 0 Å². The van der Waals surface area contributed by atoms with E-state index in [9.17, 15) is 4.79 Å². The van der Waals surface area contributed by atoms with Gasteiger partial charge in [-0.2, -0.15) is 0 Å². The van der Waals surface area contributed by atoms with Gasteiger partial charge in [0.25, 0.3) is 0 Å². The van der Waals surface area contributed by atoms with E-state index < -0.39 is 0 Å². The van der Waals surface area contributed by atoms with Crippen LogP contribution in [0.3, 0.4) is 0 Å². The number of fused-ring (bicyclic) bond motifs is 1. The van der Waals surface area contributed by atoms with Crippen LogP contribution in [0, 0.1) is 17.8 Å². The lowest BCUT2D eigenvalue weighted by molar-refractivity contribution is -0.00710. The summed E-state index contributed by atoms with van der Waals surface area (Å²) in [4.78, 5) is 15.5. The molecular formula is C19H20ClNO. The number of benzene rings is 1. The number of hydrogen-bond donors (Lipinski definition) is 1. The molecule has 4 fully saturated rings. The Hall–Kier alpha value is -1.28. The molecule has 1 aromatic carbocycles. The van der Waals surface area contributed by atoms with Gasteiger partial charge in [0.2, 0.25) is 0 Å². The zero-order chi connectivity index (χ0) is 14.9. The Bertz CT molecular complexity index is 740. The predicted octanol–water partition coefficient (Wildman–Crippen LogP) is 5.10. The van der Waals surface area contributed by atoms with Crippen molar-refractivity contribution < 1.29 is 4.79 Å². The van der Waals surface area contributed by atoms with Gasteiger partial charge in [0, 0.05) is 32.6 Å². The summed E-state index contributed by atoms with van der Waals surface area (Å²) in [6, 6.07) is 5.84. The van der Waals surface area contributed by atoms with E-state index >= 15 is 0 Å². The number of H-pyrrole nitrogens is 1. The van der Waals surface area contributed by atoms with Crippen LogP contribution < -0.4 is 0 Å². The van der Waals surface area contributed by atoms with Crippen LogP contribution in [0.25, 0.3) is 10.9 Å². The fraction of sp³-hybridized carbons (Fsp3) is 0.526. The van der Waals surface area contributed by atoms with Crippen LogP contribution >= 0.6 is 11.6 Å². The van der Waals surface area contributed by atoms with Crippen molar-refractivity contribution in [3.63, 3.8) is 0 Å². The molecule has 0 aliphatic heterocycles. The minimum absolute atomic E-state index is 0.219. The van der Waals surface area contributed by atoms with Crippen LogP contribution in [0.15, 0.2) is 18.2 Å². The fourth-order valence-electron chi connectivity index (χ4n) is 6.14. The third kappa shape index (κ3) is 1.70. The lowest BCUT2D eigenvalue weighted by Gasteiger charge is -2.56. The smallest absolute Gasteiger partial charge is 0.152 e. The van der Waals surface area contributed by atoms with Crippen molar-refractivity contribution in [1.29, 1.82) is 0 Å². The van der Waals surface area contributed by atoms with Crippen molar-refractivity contribution in [2.45, 2.75) is 43.9 Å². The third-order valence-corrected chi connectivity index (χ3v) is 6.72. The van der Waals surface area contributed by atoms with Gasteiger partial charge < -0.3 is 4.98 Å². The molecule has 1 heterocycles. The van der Waals surface area contributed by atoms with Gasteiger partial charge in [-0.1, -0.05) is 11.6 Å². The number of hydrogen-bond acceptors (Lipinski definition) is 1. The van der Waals surface area contributed by atoms with Crippen molar-refractivity contribution >= 4 is 28.8 Å². The first-order valence-corrected chi connectivity index (χ1v) is 8.81. The summed E-state index contributed by atoms with van der Waals surface area (Å²) in [6.45, 7) is 0. The lowest BCUT2D eigenvalue weighted by atomic mass is 9.48. The number of nitrogens with one attached hydrogen (secondary N) is 1. The van der Waals surface area contributed by atoms with Crippen molar-refractivity contribution in [2.24, 2.45) is 17.8 Å². The minimum atomic E-state index is 0.219. The SMILES string of the molecule is O=Cc1c(C23CC4CC(CC(C4)C2)C3)[nH]c2ccc(Cl)cc12. The highest BCUT2D eigenvalue weighted by Gasteiger charge is 2.53. The van der Waals surface area contributed by atoms with Gasteiger partial charge in [-0.05, 0) is 74.5 Å². The Kier molecular flexibility index (Phi) is 2.63. The van der Waals surface area contributed by atoms with E-state index in [0.29, 0.717) is 5.02 Å². The number of halogens is 1. The van der Waals surface area contributed by atoms with Crippen LogP contribution in [0.2, 0.25) is 5.02 Å². The summed E-state index contributed by atoms with van der Waals surface area (Å²) >= 11 is 6.15. The third-order valence-electron chi connectivity index (χ3n) is 6.49. The molecule has 0 radical (unpaired) electrons. The molecule has 0 unspecified atom stereocenters. The minimum Gasteiger partial charge on any atom is -0.357 e. The molecule has 1 aromatic heterocycles. The number of rotatable bonds is 2. The molecule has 22 heavy (non-hydrogen) atoms. The van der Waals surface area contributed by atoms with Gasteiger partial charge in [-0.15, -0.1) is 0 Å². The van der Waals surface area contributed by atoms with E-state index in [1.54, 1.807) is 0 Å².